The lowest BCUT2D eigenvalue weighted by Gasteiger charge is -2.15. The van der Waals surface area contributed by atoms with Gasteiger partial charge in [-0.15, -0.1) is 0 Å². The summed E-state index contributed by atoms with van der Waals surface area (Å²) < 4.78 is 0. The van der Waals surface area contributed by atoms with Gasteiger partial charge in [-0.05, 0) is 55.0 Å². The second kappa shape index (κ2) is 7.51. The summed E-state index contributed by atoms with van der Waals surface area (Å²) >= 11 is 0. The molecule has 1 unspecified atom stereocenters. The number of rotatable bonds is 5. The second-order valence-electron chi connectivity index (χ2n) is 6.56. The molecule has 0 fully saturated rings. The number of fused-ring (bicyclic) bond motifs is 1. The van der Waals surface area contributed by atoms with Crippen LogP contribution >= 0.6 is 0 Å². The number of benzene rings is 2. The fraction of sp³-hybridized carbons (Fsp3) is 0.333. The van der Waals surface area contributed by atoms with Crippen LogP contribution in [-0.4, -0.2) is 18.4 Å². The molecule has 25 heavy (non-hydrogen) atoms. The molecule has 1 aliphatic carbocycles. The number of hydrogen-bond acceptors (Lipinski definition) is 2. The molecule has 130 valence electrons. The predicted octanol–water partition coefficient (Wildman–Crippen LogP) is 3.80. The van der Waals surface area contributed by atoms with Gasteiger partial charge in [0, 0.05) is 17.8 Å². The molecule has 4 nitrogen and oxygen atoms in total. The molecule has 3 rings (SSSR count). The van der Waals surface area contributed by atoms with Crippen LogP contribution in [0.4, 0.5) is 5.69 Å². The molecule has 0 heterocycles. The molecule has 0 saturated heterocycles. The summed E-state index contributed by atoms with van der Waals surface area (Å²) in [5, 5.41) is 5.89. The second-order valence-corrected chi connectivity index (χ2v) is 6.56. The first kappa shape index (κ1) is 17.2. The van der Waals surface area contributed by atoms with Gasteiger partial charge in [0.25, 0.3) is 5.91 Å². The zero-order valence-corrected chi connectivity index (χ0v) is 14.8. The fourth-order valence-corrected chi connectivity index (χ4v) is 3.29. The van der Waals surface area contributed by atoms with Crippen LogP contribution in [0.2, 0.25) is 0 Å². The van der Waals surface area contributed by atoms with E-state index >= 15 is 0 Å². The zero-order valence-electron chi connectivity index (χ0n) is 14.8. The van der Waals surface area contributed by atoms with Crippen molar-refractivity contribution >= 4 is 17.5 Å². The van der Waals surface area contributed by atoms with Crippen LogP contribution in [0, 0.1) is 6.92 Å². The lowest BCUT2D eigenvalue weighted by atomic mass is 10.00. The molecular weight excluding hydrogens is 312 g/mol. The van der Waals surface area contributed by atoms with E-state index in [4.69, 9.17) is 0 Å². The molecule has 0 aliphatic heterocycles. The van der Waals surface area contributed by atoms with E-state index in [1.807, 2.05) is 38.1 Å². The van der Waals surface area contributed by atoms with Crippen LogP contribution < -0.4 is 10.6 Å². The fourth-order valence-electron chi connectivity index (χ4n) is 3.29. The highest BCUT2D eigenvalue weighted by Crippen LogP contribution is 2.34. The topological polar surface area (TPSA) is 58.2 Å². The first-order valence-electron chi connectivity index (χ1n) is 8.87. The molecule has 2 aromatic carbocycles. The van der Waals surface area contributed by atoms with E-state index in [0.717, 1.165) is 30.4 Å². The van der Waals surface area contributed by atoms with Gasteiger partial charge >= 0.3 is 0 Å². The number of carbonyl (C=O) groups excluding carboxylic acids is 2. The zero-order chi connectivity index (χ0) is 17.8. The molecule has 2 N–H and O–H groups in total. The first-order chi connectivity index (χ1) is 12.1. The average molecular weight is 336 g/mol. The van der Waals surface area contributed by atoms with Gasteiger partial charge in [-0.3, -0.25) is 9.59 Å². The third-order valence-corrected chi connectivity index (χ3v) is 4.74. The maximum absolute atomic E-state index is 12.8. The number of carbonyl (C=O) groups is 2. The molecule has 0 saturated carbocycles. The van der Waals surface area contributed by atoms with E-state index in [0.29, 0.717) is 17.8 Å². The molecule has 1 aliphatic rings. The largest absolute Gasteiger partial charge is 0.352 e. The SMILES string of the molecule is CCCNC(=O)c1ccc(C)c(NC(=O)C2CCc3ccccc32)c1. The Morgan fingerprint density at radius 2 is 1.96 bits per heavy atom. The number of hydrogen-bond donors (Lipinski definition) is 2. The Labute approximate surface area is 148 Å². The van der Waals surface area contributed by atoms with Crippen molar-refractivity contribution in [3.05, 3.63) is 64.7 Å². The Morgan fingerprint density at radius 3 is 2.76 bits per heavy atom. The Hall–Kier alpha value is -2.62. The van der Waals surface area contributed by atoms with Gasteiger partial charge < -0.3 is 10.6 Å². The molecule has 0 radical (unpaired) electrons. The molecule has 1 atom stereocenters. The highest BCUT2D eigenvalue weighted by molar-refractivity contribution is 6.00. The van der Waals surface area contributed by atoms with E-state index in [-0.39, 0.29) is 17.7 Å². The van der Waals surface area contributed by atoms with Crippen LogP contribution in [0.15, 0.2) is 42.5 Å². The van der Waals surface area contributed by atoms with E-state index in [1.54, 1.807) is 12.1 Å². The summed E-state index contributed by atoms with van der Waals surface area (Å²) in [7, 11) is 0. The summed E-state index contributed by atoms with van der Waals surface area (Å²) in [5.41, 5.74) is 4.60. The number of amides is 2. The lowest BCUT2D eigenvalue weighted by Crippen LogP contribution is -2.24. The highest BCUT2D eigenvalue weighted by Gasteiger charge is 2.28. The van der Waals surface area contributed by atoms with Gasteiger partial charge in [0.15, 0.2) is 0 Å². The molecular formula is C21H24N2O2. The minimum atomic E-state index is -0.117. The van der Waals surface area contributed by atoms with Gasteiger partial charge in [-0.25, -0.2) is 0 Å². The van der Waals surface area contributed by atoms with E-state index in [2.05, 4.69) is 16.7 Å². The summed E-state index contributed by atoms with van der Waals surface area (Å²) in [5.74, 6) is -0.226. The van der Waals surface area contributed by atoms with Crippen molar-refractivity contribution in [2.45, 2.75) is 39.0 Å². The molecule has 4 heteroatoms. The van der Waals surface area contributed by atoms with Crippen molar-refractivity contribution in [2.75, 3.05) is 11.9 Å². The Bertz CT molecular complexity index is 798. The molecule has 0 bridgehead atoms. The molecule has 0 aromatic heterocycles. The van der Waals surface area contributed by atoms with E-state index in [9.17, 15) is 9.59 Å². The van der Waals surface area contributed by atoms with Gasteiger partial charge in [-0.2, -0.15) is 0 Å². The van der Waals surface area contributed by atoms with Crippen molar-refractivity contribution in [2.24, 2.45) is 0 Å². The smallest absolute Gasteiger partial charge is 0.251 e. The van der Waals surface area contributed by atoms with E-state index < -0.39 is 0 Å². The standard InChI is InChI=1S/C21H24N2O2/c1-3-12-22-20(24)16-9-8-14(2)19(13-16)23-21(25)18-11-10-15-6-4-5-7-17(15)18/h4-9,13,18H,3,10-12H2,1-2H3,(H,22,24)(H,23,25). The molecule has 2 aromatic rings. The van der Waals surface area contributed by atoms with Crippen molar-refractivity contribution < 1.29 is 9.59 Å². The minimum Gasteiger partial charge on any atom is -0.352 e. The van der Waals surface area contributed by atoms with Gasteiger partial charge in [0.05, 0.1) is 5.92 Å². The Balaban J connectivity index is 1.76. The average Bonchev–Trinajstić information content (AvgIpc) is 3.05. The van der Waals surface area contributed by atoms with Crippen molar-refractivity contribution in [1.82, 2.24) is 5.32 Å². The molecule has 2 amide bonds. The van der Waals surface area contributed by atoms with Crippen molar-refractivity contribution in [1.29, 1.82) is 0 Å². The molecule has 0 spiro atoms. The monoisotopic (exact) mass is 336 g/mol. The Morgan fingerprint density at radius 1 is 1.16 bits per heavy atom. The third-order valence-electron chi connectivity index (χ3n) is 4.74. The van der Waals surface area contributed by atoms with Crippen LogP contribution in [0.3, 0.4) is 0 Å². The minimum absolute atomic E-state index is 0.000772. The van der Waals surface area contributed by atoms with Gasteiger partial charge in [-0.1, -0.05) is 37.3 Å². The predicted molar refractivity (Wildman–Crippen MR) is 99.9 cm³/mol. The summed E-state index contributed by atoms with van der Waals surface area (Å²) in [4.78, 5) is 24.9. The number of nitrogens with one attached hydrogen (secondary N) is 2. The van der Waals surface area contributed by atoms with Gasteiger partial charge in [0.1, 0.15) is 0 Å². The van der Waals surface area contributed by atoms with Crippen molar-refractivity contribution in [3.63, 3.8) is 0 Å². The van der Waals surface area contributed by atoms with Crippen molar-refractivity contribution in [3.8, 4) is 0 Å². The summed E-state index contributed by atoms with van der Waals surface area (Å²) in [6.07, 6.45) is 2.66. The highest BCUT2D eigenvalue weighted by atomic mass is 16.2. The van der Waals surface area contributed by atoms with Gasteiger partial charge in [0.2, 0.25) is 5.91 Å². The Kier molecular flexibility index (Phi) is 5.17. The van der Waals surface area contributed by atoms with Crippen LogP contribution in [0.25, 0.3) is 0 Å². The van der Waals surface area contributed by atoms with Crippen LogP contribution in [0.5, 0.6) is 0 Å². The lowest BCUT2D eigenvalue weighted by molar-refractivity contribution is -0.117. The maximum Gasteiger partial charge on any atom is 0.251 e. The quantitative estimate of drug-likeness (QED) is 0.872. The number of anilines is 1. The number of aryl methyl sites for hydroxylation is 2. The summed E-state index contributed by atoms with van der Waals surface area (Å²) in [6, 6.07) is 13.6. The van der Waals surface area contributed by atoms with Crippen LogP contribution in [0.1, 0.15) is 52.7 Å². The van der Waals surface area contributed by atoms with E-state index in [1.165, 1.54) is 5.56 Å². The third kappa shape index (κ3) is 3.73. The first-order valence-corrected chi connectivity index (χ1v) is 8.87. The van der Waals surface area contributed by atoms with Crippen LogP contribution in [-0.2, 0) is 11.2 Å². The normalized spacial score (nSPS) is 15.5. The maximum atomic E-state index is 12.8. The summed E-state index contributed by atoms with van der Waals surface area (Å²) in [6.45, 7) is 4.60.